The quantitative estimate of drug-likeness (QED) is 0.500. The lowest BCUT2D eigenvalue weighted by Crippen LogP contribution is -1.99. The first-order valence-electron chi connectivity index (χ1n) is 6.91. The van der Waals surface area contributed by atoms with Crippen molar-refractivity contribution in [1.82, 2.24) is 0 Å². The first kappa shape index (κ1) is 20.1. The monoisotopic (exact) mass is 454 g/mol. The first-order valence-corrected chi connectivity index (χ1v) is 9.16. The maximum atomic E-state index is 10.6. The normalized spacial score (nSPS) is 10.5. The summed E-state index contributed by atoms with van der Waals surface area (Å²) < 4.78 is 0. The second kappa shape index (κ2) is 10.8. The van der Waals surface area contributed by atoms with Crippen LogP contribution < -0.4 is 0 Å². The number of hydrogen-bond acceptors (Lipinski definition) is 2. The van der Waals surface area contributed by atoms with Crippen molar-refractivity contribution in [2.45, 2.75) is 5.33 Å². The summed E-state index contributed by atoms with van der Waals surface area (Å²) in [7, 11) is 0. The molecule has 2 N–H and O–H groups in total. The Balaban J connectivity index is 0.000000243. The molecule has 0 saturated heterocycles. The van der Waals surface area contributed by atoms with Crippen molar-refractivity contribution in [3.05, 3.63) is 77.4 Å². The topological polar surface area (TPSA) is 74.6 Å². The van der Waals surface area contributed by atoms with Gasteiger partial charge in [-0.3, -0.25) is 0 Å². The van der Waals surface area contributed by atoms with Gasteiger partial charge in [0.05, 0.1) is 5.56 Å². The molecule has 0 radical (unpaired) electrons. The molecule has 0 fully saturated rings. The van der Waals surface area contributed by atoms with Gasteiger partial charge in [0, 0.05) is 16.7 Å². The van der Waals surface area contributed by atoms with Crippen LogP contribution in [-0.4, -0.2) is 27.5 Å². The highest BCUT2D eigenvalue weighted by Crippen LogP contribution is 2.15. The minimum Gasteiger partial charge on any atom is -0.478 e. The summed E-state index contributed by atoms with van der Waals surface area (Å²) in [5, 5.41) is 18.4. The van der Waals surface area contributed by atoms with E-state index < -0.39 is 11.9 Å². The van der Waals surface area contributed by atoms with Crippen molar-refractivity contribution in [3.63, 3.8) is 0 Å². The van der Waals surface area contributed by atoms with Crippen LogP contribution in [0.2, 0.25) is 0 Å². The van der Waals surface area contributed by atoms with Gasteiger partial charge in [0.25, 0.3) is 0 Å². The lowest BCUT2D eigenvalue weighted by molar-refractivity contribution is -0.131. The zero-order valence-corrected chi connectivity index (χ0v) is 15.8. The van der Waals surface area contributed by atoms with Crippen molar-refractivity contribution in [3.8, 4) is 0 Å². The maximum Gasteiger partial charge on any atom is 0.335 e. The fraction of sp³-hybridized carbons (Fsp3) is 0.111. The van der Waals surface area contributed by atoms with Crippen molar-refractivity contribution >= 4 is 49.4 Å². The number of aromatic carboxylic acids is 1. The second-order valence-corrected chi connectivity index (χ2v) is 5.72. The molecule has 0 amide bonds. The Labute approximate surface area is 157 Å². The van der Waals surface area contributed by atoms with E-state index in [9.17, 15) is 9.59 Å². The van der Waals surface area contributed by atoms with Gasteiger partial charge in [-0.05, 0) is 22.8 Å². The molecule has 2 rings (SSSR count). The Hall–Kier alpha value is -1.92. The largest absolute Gasteiger partial charge is 0.478 e. The average Bonchev–Trinajstić information content (AvgIpc) is 2.60. The molecule has 4 nitrogen and oxygen atoms in total. The van der Waals surface area contributed by atoms with E-state index in [1.807, 2.05) is 36.4 Å². The minimum atomic E-state index is -0.918. The molecular weight excluding hydrogens is 440 g/mol. The molecule has 2 aromatic carbocycles. The van der Waals surface area contributed by atoms with Crippen LogP contribution in [0.15, 0.2) is 60.7 Å². The van der Waals surface area contributed by atoms with Gasteiger partial charge in [-0.2, -0.15) is 0 Å². The number of alkyl halides is 2. The lowest BCUT2D eigenvalue weighted by atomic mass is 10.1. The molecule has 0 unspecified atom stereocenters. The van der Waals surface area contributed by atoms with Crippen LogP contribution in [-0.2, 0) is 10.1 Å². The molecule has 126 valence electrons. The third-order valence-corrected chi connectivity index (χ3v) is 4.19. The molecule has 0 bridgehead atoms. The van der Waals surface area contributed by atoms with Crippen molar-refractivity contribution in [2.24, 2.45) is 0 Å². The molecule has 0 spiro atoms. The van der Waals surface area contributed by atoms with Gasteiger partial charge in [-0.25, -0.2) is 9.59 Å². The Bertz CT molecular complexity index is 712. The number of carboxylic acids is 2. The van der Waals surface area contributed by atoms with Gasteiger partial charge in [-0.1, -0.05) is 80.4 Å². The number of benzene rings is 2. The van der Waals surface area contributed by atoms with Crippen LogP contribution in [0.4, 0.5) is 0 Å². The van der Waals surface area contributed by atoms with E-state index in [-0.39, 0.29) is 0 Å². The predicted molar refractivity (Wildman–Crippen MR) is 102 cm³/mol. The Morgan fingerprint density at radius 2 is 1.50 bits per heavy atom. The highest BCUT2D eigenvalue weighted by Gasteiger charge is 2.06. The Morgan fingerprint density at radius 1 is 0.917 bits per heavy atom. The summed E-state index contributed by atoms with van der Waals surface area (Å²) in [6, 6.07) is 16.4. The number of halogens is 2. The highest BCUT2D eigenvalue weighted by molar-refractivity contribution is 9.09. The van der Waals surface area contributed by atoms with Crippen LogP contribution in [0.5, 0.6) is 0 Å². The van der Waals surface area contributed by atoms with E-state index in [1.165, 1.54) is 6.08 Å². The molecular formula is C18H16Br2O4. The predicted octanol–water partition coefficient (Wildman–Crippen LogP) is 4.83. The number of rotatable bonds is 5. The Morgan fingerprint density at radius 3 is 1.96 bits per heavy atom. The van der Waals surface area contributed by atoms with E-state index in [4.69, 9.17) is 10.2 Å². The number of aliphatic carboxylic acids is 1. The summed E-state index contributed by atoms with van der Waals surface area (Å²) >= 11 is 6.46. The molecule has 24 heavy (non-hydrogen) atoms. The standard InChI is InChI=1S/C10H9BrO2.C8H7BrO2/c11-7-9(6-10(12)13)8-4-2-1-3-5-8;9-5-6-3-1-2-4-7(6)8(10)11/h1-6H,7H2,(H,12,13);1-4H,5H2,(H,10,11). The zero-order chi connectivity index (χ0) is 17.9. The number of carbonyl (C=O) groups is 2. The lowest BCUT2D eigenvalue weighted by Gasteiger charge is -2.01. The number of allylic oxidation sites excluding steroid dienone is 1. The molecule has 0 aromatic heterocycles. The first-order chi connectivity index (χ1) is 11.5. The van der Waals surface area contributed by atoms with Gasteiger partial charge in [-0.15, -0.1) is 0 Å². The van der Waals surface area contributed by atoms with Gasteiger partial charge < -0.3 is 10.2 Å². The molecule has 0 aliphatic heterocycles. The van der Waals surface area contributed by atoms with Gasteiger partial charge in [0.1, 0.15) is 0 Å². The van der Waals surface area contributed by atoms with Crippen LogP contribution in [0.3, 0.4) is 0 Å². The third kappa shape index (κ3) is 6.68. The SMILES string of the molecule is O=C(O)C=C(CBr)c1ccccc1.O=C(O)c1ccccc1CBr. The van der Waals surface area contributed by atoms with Crippen LogP contribution in [0.1, 0.15) is 21.5 Å². The van der Waals surface area contributed by atoms with Gasteiger partial charge in [0.15, 0.2) is 0 Å². The molecule has 2 aromatic rings. The summed E-state index contributed by atoms with van der Waals surface area (Å²) in [5.74, 6) is -1.79. The van der Waals surface area contributed by atoms with Crippen LogP contribution in [0.25, 0.3) is 5.57 Å². The number of carboxylic acid groups (broad SMARTS) is 2. The minimum absolute atomic E-state index is 0.365. The molecule has 0 saturated carbocycles. The highest BCUT2D eigenvalue weighted by atomic mass is 79.9. The third-order valence-electron chi connectivity index (χ3n) is 2.98. The smallest absolute Gasteiger partial charge is 0.335 e. The van der Waals surface area contributed by atoms with E-state index in [1.54, 1.807) is 18.2 Å². The zero-order valence-electron chi connectivity index (χ0n) is 12.7. The molecule has 0 aliphatic rings. The van der Waals surface area contributed by atoms with E-state index in [0.29, 0.717) is 16.2 Å². The molecule has 6 heteroatoms. The van der Waals surface area contributed by atoms with Crippen molar-refractivity contribution in [1.29, 1.82) is 0 Å². The maximum absolute atomic E-state index is 10.6. The van der Waals surface area contributed by atoms with E-state index in [2.05, 4.69) is 31.9 Å². The molecule has 0 atom stereocenters. The second-order valence-electron chi connectivity index (χ2n) is 4.60. The summed E-state index contributed by atoms with van der Waals surface area (Å²) in [6.07, 6.45) is 1.21. The molecule has 0 aliphatic carbocycles. The summed E-state index contributed by atoms with van der Waals surface area (Å²) in [5.41, 5.74) is 2.87. The van der Waals surface area contributed by atoms with Crippen LogP contribution >= 0.6 is 31.9 Å². The van der Waals surface area contributed by atoms with Gasteiger partial charge in [0.2, 0.25) is 0 Å². The summed E-state index contributed by atoms with van der Waals surface area (Å²) in [6.45, 7) is 0. The van der Waals surface area contributed by atoms with E-state index in [0.717, 1.165) is 16.7 Å². The molecule has 0 heterocycles. The summed E-state index contributed by atoms with van der Waals surface area (Å²) in [4.78, 5) is 21.0. The Kier molecular flexibility index (Phi) is 9.04. The van der Waals surface area contributed by atoms with Crippen molar-refractivity contribution < 1.29 is 19.8 Å². The fourth-order valence-electron chi connectivity index (χ4n) is 1.85. The number of hydrogen-bond donors (Lipinski definition) is 2. The fourth-order valence-corrected chi connectivity index (χ4v) is 2.82. The van der Waals surface area contributed by atoms with E-state index >= 15 is 0 Å². The average molecular weight is 456 g/mol. The van der Waals surface area contributed by atoms with Gasteiger partial charge >= 0.3 is 11.9 Å². The van der Waals surface area contributed by atoms with Crippen LogP contribution in [0, 0.1) is 0 Å². The van der Waals surface area contributed by atoms with Crippen molar-refractivity contribution in [2.75, 3.05) is 5.33 Å².